The topological polar surface area (TPSA) is 3.24 Å². The van der Waals surface area contributed by atoms with Crippen LogP contribution in [-0.4, -0.2) is 13.1 Å². The van der Waals surface area contributed by atoms with E-state index in [0.717, 1.165) is 24.9 Å². The fourth-order valence-corrected chi connectivity index (χ4v) is 2.81. The third kappa shape index (κ3) is 5.05. The van der Waals surface area contributed by atoms with Gasteiger partial charge in [0.15, 0.2) is 0 Å². The molecule has 0 fully saturated rings. The van der Waals surface area contributed by atoms with Gasteiger partial charge >= 0.3 is 0 Å². The predicted octanol–water partition coefficient (Wildman–Crippen LogP) is 5.45. The van der Waals surface area contributed by atoms with Crippen molar-refractivity contribution in [3.63, 3.8) is 0 Å². The van der Waals surface area contributed by atoms with Crippen LogP contribution in [0.3, 0.4) is 0 Å². The molecule has 0 saturated heterocycles. The van der Waals surface area contributed by atoms with E-state index < -0.39 is 0 Å². The van der Waals surface area contributed by atoms with Crippen LogP contribution in [0.5, 0.6) is 0 Å². The summed E-state index contributed by atoms with van der Waals surface area (Å²) < 4.78 is 25.9. The van der Waals surface area contributed by atoms with E-state index in [2.05, 4.69) is 18.7 Å². The zero-order valence-electron chi connectivity index (χ0n) is 14.1. The molecule has 0 N–H and O–H groups in total. The summed E-state index contributed by atoms with van der Waals surface area (Å²) in [7, 11) is 2.05. The molecule has 0 radical (unpaired) electrons. The number of anilines is 1. The minimum Gasteiger partial charge on any atom is -0.372 e. The average Bonchev–Trinajstić information content (AvgIpc) is 2.56. The monoisotopic (exact) mass is 317 g/mol. The van der Waals surface area contributed by atoms with Crippen LogP contribution in [-0.2, 0) is 6.42 Å². The molecule has 2 aromatic rings. The highest BCUT2D eigenvalue weighted by atomic mass is 19.1. The highest BCUT2D eigenvalue weighted by Gasteiger charge is 2.17. The molecule has 0 bridgehead atoms. The molecule has 3 heteroatoms. The maximum absolute atomic E-state index is 13.0. The Hall–Kier alpha value is -1.90. The summed E-state index contributed by atoms with van der Waals surface area (Å²) >= 11 is 0. The molecule has 23 heavy (non-hydrogen) atoms. The van der Waals surface area contributed by atoms with E-state index in [1.165, 1.54) is 29.8 Å². The normalized spacial score (nSPS) is 13.6. The van der Waals surface area contributed by atoms with E-state index in [9.17, 15) is 8.78 Å². The van der Waals surface area contributed by atoms with E-state index in [1.807, 2.05) is 31.3 Å². The van der Waals surface area contributed by atoms with Gasteiger partial charge < -0.3 is 4.90 Å². The average molecular weight is 317 g/mol. The Bertz CT molecular complexity index is 592. The van der Waals surface area contributed by atoms with E-state index in [0.29, 0.717) is 12.0 Å². The lowest BCUT2D eigenvalue weighted by molar-refractivity contribution is 0.424. The first-order valence-electron chi connectivity index (χ1n) is 8.20. The molecular weight excluding hydrogens is 292 g/mol. The molecule has 0 spiro atoms. The maximum Gasteiger partial charge on any atom is 0.123 e. The van der Waals surface area contributed by atoms with Crippen molar-refractivity contribution in [1.29, 1.82) is 0 Å². The van der Waals surface area contributed by atoms with E-state index in [4.69, 9.17) is 0 Å². The van der Waals surface area contributed by atoms with Crippen LogP contribution >= 0.6 is 0 Å². The zero-order chi connectivity index (χ0) is 16.8. The molecule has 2 atom stereocenters. The number of halogens is 2. The number of benzene rings is 2. The third-order valence-corrected chi connectivity index (χ3v) is 4.71. The highest BCUT2D eigenvalue weighted by molar-refractivity contribution is 5.46. The Morgan fingerprint density at radius 3 is 1.96 bits per heavy atom. The van der Waals surface area contributed by atoms with Gasteiger partial charge in [0.05, 0.1) is 0 Å². The van der Waals surface area contributed by atoms with Crippen molar-refractivity contribution in [2.45, 2.75) is 39.2 Å². The molecule has 0 aromatic heterocycles. The van der Waals surface area contributed by atoms with Gasteiger partial charge in [-0.2, -0.15) is 0 Å². The molecule has 0 aliphatic carbocycles. The second-order valence-electron chi connectivity index (χ2n) is 6.32. The van der Waals surface area contributed by atoms with Crippen LogP contribution in [0.2, 0.25) is 0 Å². The fourth-order valence-electron chi connectivity index (χ4n) is 2.81. The van der Waals surface area contributed by atoms with Crippen LogP contribution in [0.1, 0.15) is 32.3 Å². The molecule has 0 amide bonds. The Kier molecular flexibility index (Phi) is 6.14. The second kappa shape index (κ2) is 8.09. The standard InChI is InChI=1S/C20H25F2N/c1-15(5-4-6-17-7-9-18(21)10-8-17)16(2)23(3)20-13-11-19(22)12-14-20/h7-16H,4-6H2,1-3H3/t15-,16?/m1/s1. The van der Waals surface area contributed by atoms with Crippen LogP contribution in [0.15, 0.2) is 48.5 Å². The van der Waals surface area contributed by atoms with Crippen molar-refractivity contribution in [1.82, 2.24) is 0 Å². The summed E-state index contributed by atoms with van der Waals surface area (Å²) in [6.07, 6.45) is 3.15. The van der Waals surface area contributed by atoms with Gasteiger partial charge in [-0.1, -0.05) is 19.1 Å². The van der Waals surface area contributed by atoms with Crippen molar-refractivity contribution < 1.29 is 8.78 Å². The smallest absolute Gasteiger partial charge is 0.123 e. The molecule has 2 aromatic carbocycles. The third-order valence-electron chi connectivity index (χ3n) is 4.71. The molecule has 124 valence electrons. The van der Waals surface area contributed by atoms with Crippen LogP contribution in [0.25, 0.3) is 0 Å². The summed E-state index contributed by atoms with van der Waals surface area (Å²) in [5.41, 5.74) is 2.21. The maximum atomic E-state index is 13.0. The van der Waals surface area contributed by atoms with Crippen molar-refractivity contribution in [3.8, 4) is 0 Å². The molecule has 0 aliphatic heterocycles. The number of aryl methyl sites for hydroxylation is 1. The van der Waals surface area contributed by atoms with Crippen molar-refractivity contribution >= 4 is 5.69 Å². The van der Waals surface area contributed by atoms with Gasteiger partial charge in [-0.15, -0.1) is 0 Å². The molecule has 0 heterocycles. The molecule has 1 nitrogen and oxygen atoms in total. The largest absolute Gasteiger partial charge is 0.372 e. The van der Waals surface area contributed by atoms with Gasteiger partial charge in [-0.25, -0.2) is 8.78 Å². The predicted molar refractivity (Wildman–Crippen MR) is 92.8 cm³/mol. The second-order valence-corrected chi connectivity index (χ2v) is 6.32. The van der Waals surface area contributed by atoms with Crippen molar-refractivity contribution in [3.05, 3.63) is 65.7 Å². The summed E-state index contributed by atoms with van der Waals surface area (Å²) in [5.74, 6) is 0.129. The fraction of sp³-hybridized carbons (Fsp3) is 0.400. The van der Waals surface area contributed by atoms with Gasteiger partial charge in [-0.05, 0) is 74.1 Å². The minimum atomic E-state index is -0.206. The lowest BCUT2D eigenvalue weighted by atomic mass is 9.94. The number of nitrogens with zero attached hydrogens (tertiary/aromatic N) is 1. The first-order valence-corrected chi connectivity index (χ1v) is 8.20. The lowest BCUT2D eigenvalue weighted by Gasteiger charge is -2.32. The first-order chi connectivity index (χ1) is 11.0. The summed E-state index contributed by atoms with van der Waals surface area (Å²) in [4.78, 5) is 2.20. The highest BCUT2D eigenvalue weighted by Crippen LogP contribution is 2.22. The van der Waals surface area contributed by atoms with Crippen molar-refractivity contribution in [2.24, 2.45) is 5.92 Å². The van der Waals surface area contributed by atoms with E-state index in [1.54, 1.807) is 0 Å². The number of rotatable bonds is 7. The number of hydrogen-bond donors (Lipinski definition) is 0. The summed E-state index contributed by atoms with van der Waals surface area (Å²) in [5, 5.41) is 0. The molecular formula is C20H25F2N. The quantitative estimate of drug-likeness (QED) is 0.656. The zero-order valence-corrected chi connectivity index (χ0v) is 14.1. The van der Waals surface area contributed by atoms with Gasteiger partial charge in [0.25, 0.3) is 0 Å². The van der Waals surface area contributed by atoms with Crippen molar-refractivity contribution in [2.75, 3.05) is 11.9 Å². The molecule has 0 aliphatic rings. The van der Waals surface area contributed by atoms with E-state index >= 15 is 0 Å². The van der Waals surface area contributed by atoms with Gasteiger partial charge in [0.2, 0.25) is 0 Å². The Balaban J connectivity index is 1.83. The Morgan fingerprint density at radius 1 is 0.870 bits per heavy atom. The minimum absolute atomic E-state index is 0.184. The van der Waals surface area contributed by atoms with Gasteiger partial charge in [-0.3, -0.25) is 0 Å². The van der Waals surface area contributed by atoms with Crippen LogP contribution in [0, 0.1) is 17.6 Å². The molecule has 0 saturated carbocycles. The Labute approximate surface area is 137 Å². The number of hydrogen-bond acceptors (Lipinski definition) is 1. The van der Waals surface area contributed by atoms with Gasteiger partial charge in [0.1, 0.15) is 11.6 Å². The SMILES string of the molecule is CC([C@H](C)CCCc1ccc(F)cc1)N(C)c1ccc(F)cc1. The van der Waals surface area contributed by atoms with Gasteiger partial charge in [0, 0.05) is 18.8 Å². The summed E-state index contributed by atoms with van der Waals surface area (Å²) in [6, 6.07) is 13.7. The lowest BCUT2D eigenvalue weighted by Crippen LogP contribution is -2.34. The van der Waals surface area contributed by atoms with Crippen LogP contribution in [0.4, 0.5) is 14.5 Å². The molecule has 1 unspecified atom stereocenters. The first kappa shape index (κ1) is 17.5. The summed E-state index contributed by atoms with van der Waals surface area (Å²) in [6.45, 7) is 4.45. The van der Waals surface area contributed by atoms with Crippen LogP contribution < -0.4 is 4.90 Å². The Morgan fingerprint density at radius 2 is 1.39 bits per heavy atom. The molecule has 2 rings (SSSR count). The van der Waals surface area contributed by atoms with E-state index in [-0.39, 0.29) is 11.6 Å².